The van der Waals surface area contributed by atoms with Gasteiger partial charge in [-0.3, -0.25) is 0 Å². The maximum absolute atomic E-state index is 4.70. The van der Waals surface area contributed by atoms with Crippen LogP contribution in [0.1, 0.15) is 19.0 Å². The maximum Gasteiger partial charge on any atom is 0.161 e. The molecule has 0 bridgehead atoms. The number of nitrogens with zero attached hydrogens (tertiary/aromatic N) is 2. The van der Waals surface area contributed by atoms with Crippen LogP contribution in [0.2, 0.25) is 0 Å². The van der Waals surface area contributed by atoms with Crippen molar-refractivity contribution in [1.29, 1.82) is 0 Å². The van der Waals surface area contributed by atoms with Crippen LogP contribution < -0.4 is 5.32 Å². The summed E-state index contributed by atoms with van der Waals surface area (Å²) in [6, 6.07) is 8.07. The molecule has 0 aliphatic heterocycles. The molecule has 0 fully saturated rings. The van der Waals surface area contributed by atoms with E-state index in [0.717, 1.165) is 43.8 Å². The fourth-order valence-corrected chi connectivity index (χ4v) is 3.00. The quantitative estimate of drug-likeness (QED) is 0.724. The Bertz CT molecular complexity index is 587. The number of aromatic nitrogens is 2. The van der Waals surface area contributed by atoms with Gasteiger partial charge in [-0.05, 0) is 41.1 Å². The molecule has 1 aromatic carbocycles. The summed E-state index contributed by atoms with van der Waals surface area (Å²) in [6.07, 6.45) is 2.05. The number of rotatable bonds is 4. The Balaban J connectivity index is 2.54. The van der Waals surface area contributed by atoms with Gasteiger partial charge in [0.1, 0.15) is 5.82 Å². The van der Waals surface area contributed by atoms with E-state index in [9.17, 15) is 0 Å². The van der Waals surface area contributed by atoms with Gasteiger partial charge in [-0.15, -0.1) is 0 Å². The minimum Gasteiger partial charge on any atom is -0.372 e. The van der Waals surface area contributed by atoms with Crippen molar-refractivity contribution in [3.63, 3.8) is 0 Å². The Morgan fingerprint density at radius 2 is 2.11 bits per heavy atom. The molecular formula is C14H15BrIN3. The first kappa shape index (κ1) is 14.7. The average Bonchev–Trinajstić information content (AvgIpc) is 2.41. The molecule has 0 radical (unpaired) electrons. The molecule has 1 N–H and O–H groups in total. The predicted molar refractivity (Wildman–Crippen MR) is 91.4 cm³/mol. The van der Waals surface area contributed by atoms with E-state index in [-0.39, 0.29) is 0 Å². The maximum atomic E-state index is 4.70. The van der Waals surface area contributed by atoms with E-state index in [1.165, 1.54) is 0 Å². The topological polar surface area (TPSA) is 37.8 Å². The molecule has 0 unspecified atom stereocenters. The molecule has 0 aliphatic rings. The van der Waals surface area contributed by atoms with Gasteiger partial charge in [-0.25, -0.2) is 9.97 Å². The van der Waals surface area contributed by atoms with Gasteiger partial charge >= 0.3 is 0 Å². The molecule has 100 valence electrons. The fraction of sp³-hybridized carbons (Fsp3) is 0.286. The highest BCUT2D eigenvalue weighted by atomic mass is 127. The minimum atomic E-state index is 0.773. The third-order valence-corrected chi connectivity index (χ3v) is 4.35. The lowest BCUT2D eigenvalue weighted by molar-refractivity contribution is 0.868. The second-order valence-electron chi connectivity index (χ2n) is 4.17. The molecule has 0 atom stereocenters. The van der Waals surface area contributed by atoms with Crippen molar-refractivity contribution < 1.29 is 0 Å². The Hall–Kier alpha value is -0.690. The van der Waals surface area contributed by atoms with E-state index >= 15 is 0 Å². The molecule has 0 amide bonds. The van der Waals surface area contributed by atoms with Gasteiger partial charge in [0.25, 0.3) is 0 Å². The van der Waals surface area contributed by atoms with Crippen LogP contribution >= 0.6 is 38.5 Å². The SMILES string of the molecule is CCCc1nc(-c2cccc(Br)c2)nc(NC)c1I. The van der Waals surface area contributed by atoms with E-state index in [1.807, 2.05) is 31.3 Å². The van der Waals surface area contributed by atoms with Crippen molar-refractivity contribution in [1.82, 2.24) is 9.97 Å². The molecule has 1 heterocycles. The van der Waals surface area contributed by atoms with Crippen LogP contribution in [0.25, 0.3) is 11.4 Å². The van der Waals surface area contributed by atoms with Crippen LogP contribution in [0.3, 0.4) is 0 Å². The Morgan fingerprint density at radius 3 is 2.74 bits per heavy atom. The smallest absolute Gasteiger partial charge is 0.161 e. The summed E-state index contributed by atoms with van der Waals surface area (Å²) in [5, 5.41) is 3.15. The summed E-state index contributed by atoms with van der Waals surface area (Å²) in [4.78, 5) is 9.30. The number of aryl methyl sites for hydroxylation is 1. The Kier molecular flexibility index (Phi) is 5.15. The minimum absolute atomic E-state index is 0.773. The zero-order chi connectivity index (χ0) is 13.8. The number of hydrogen-bond donors (Lipinski definition) is 1. The van der Waals surface area contributed by atoms with Crippen LogP contribution in [0.15, 0.2) is 28.7 Å². The normalized spacial score (nSPS) is 10.5. The number of hydrogen-bond acceptors (Lipinski definition) is 3. The second kappa shape index (κ2) is 6.65. The van der Waals surface area contributed by atoms with Gasteiger partial charge in [0.2, 0.25) is 0 Å². The van der Waals surface area contributed by atoms with Crippen molar-refractivity contribution in [2.45, 2.75) is 19.8 Å². The summed E-state index contributed by atoms with van der Waals surface area (Å²) in [5.74, 6) is 1.67. The molecule has 0 aliphatic carbocycles. The van der Waals surface area contributed by atoms with Crippen molar-refractivity contribution in [2.75, 3.05) is 12.4 Å². The highest BCUT2D eigenvalue weighted by Gasteiger charge is 2.12. The molecule has 0 saturated carbocycles. The third-order valence-electron chi connectivity index (χ3n) is 2.73. The van der Waals surface area contributed by atoms with Crippen molar-refractivity contribution in [3.8, 4) is 11.4 Å². The standard InChI is InChI=1S/C14H15BrIN3/c1-3-5-11-12(16)14(17-2)19-13(18-11)9-6-4-7-10(15)8-9/h4,6-8H,3,5H2,1-2H3,(H,17,18,19). The van der Waals surface area contributed by atoms with Crippen molar-refractivity contribution in [3.05, 3.63) is 38.0 Å². The lowest BCUT2D eigenvalue weighted by Gasteiger charge is -2.11. The predicted octanol–water partition coefficient (Wildman–Crippen LogP) is 4.50. The molecular weight excluding hydrogens is 417 g/mol. The summed E-state index contributed by atoms with van der Waals surface area (Å²) in [5.41, 5.74) is 2.14. The molecule has 0 spiro atoms. The molecule has 1 aromatic heterocycles. The van der Waals surface area contributed by atoms with E-state index in [4.69, 9.17) is 4.98 Å². The molecule has 0 saturated heterocycles. The molecule has 19 heavy (non-hydrogen) atoms. The summed E-state index contributed by atoms with van der Waals surface area (Å²) < 4.78 is 2.15. The van der Waals surface area contributed by atoms with E-state index in [1.54, 1.807) is 0 Å². The summed E-state index contributed by atoms with van der Waals surface area (Å²) in [7, 11) is 1.89. The molecule has 3 nitrogen and oxygen atoms in total. The van der Waals surface area contributed by atoms with Gasteiger partial charge in [-0.2, -0.15) is 0 Å². The molecule has 2 rings (SSSR count). The fourth-order valence-electron chi connectivity index (χ4n) is 1.82. The van der Waals surface area contributed by atoms with E-state index in [0.29, 0.717) is 0 Å². The van der Waals surface area contributed by atoms with Crippen LogP contribution in [0.4, 0.5) is 5.82 Å². The van der Waals surface area contributed by atoms with E-state index < -0.39 is 0 Å². The van der Waals surface area contributed by atoms with E-state index in [2.05, 4.69) is 55.7 Å². The van der Waals surface area contributed by atoms with Gasteiger partial charge in [-0.1, -0.05) is 41.4 Å². The zero-order valence-electron chi connectivity index (χ0n) is 10.9. The number of nitrogens with one attached hydrogen (secondary N) is 1. The lowest BCUT2D eigenvalue weighted by atomic mass is 10.2. The van der Waals surface area contributed by atoms with Crippen LogP contribution in [-0.2, 0) is 6.42 Å². The first-order valence-electron chi connectivity index (χ1n) is 6.15. The first-order valence-corrected chi connectivity index (χ1v) is 8.03. The van der Waals surface area contributed by atoms with Crippen molar-refractivity contribution >= 4 is 44.3 Å². The van der Waals surface area contributed by atoms with Gasteiger partial charge in [0, 0.05) is 17.1 Å². The van der Waals surface area contributed by atoms with Crippen molar-refractivity contribution in [2.24, 2.45) is 0 Å². The van der Waals surface area contributed by atoms with Crippen LogP contribution in [0.5, 0.6) is 0 Å². The number of halogens is 2. The number of benzene rings is 1. The highest BCUT2D eigenvalue weighted by molar-refractivity contribution is 14.1. The Morgan fingerprint density at radius 1 is 1.32 bits per heavy atom. The molecule has 5 heteroatoms. The second-order valence-corrected chi connectivity index (χ2v) is 6.16. The third kappa shape index (κ3) is 3.45. The Labute approximate surface area is 135 Å². The van der Waals surface area contributed by atoms with Crippen LogP contribution in [0, 0.1) is 3.57 Å². The lowest BCUT2D eigenvalue weighted by Crippen LogP contribution is -2.05. The average molecular weight is 432 g/mol. The first-order chi connectivity index (χ1) is 9.15. The number of anilines is 1. The summed E-state index contributed by atoms with van der Waals surface area (Å²) >= 11 is 5.80. The van der Waals surface area contributed by atoms with Gasteiger partial charge in [0.15, 0.2) is 5.82 Å². The van der Waals surface area contributed by atoms with Gasteiger partial charge < -0.3 is 5.32 Å². The monoisotopic (exact) mass is 431 g/mol. The molecule has 2 aromatic rings. The van der Waals surface area contributed by atoms with Gasteiger partial charge in [0.05, 0.1) is 9.26 Å². The highest BCUT2D eigenvalue weighted by Crippen LogP contribution is 2.26. The zero-order valence-corrected chi connectivity index (χ0v) is 14.6. The largest absolute Gasteiger partial charge is 0.372 e. The van der Waals surface area contributed by atoms with Crippen LogP contribution in [-0.4, -0.2) is 17.0 Å². The summed E-state index contributed by atoms with van der Waals surface area (Å²) in [6.45, 7) is 2.16.